The van der Waals surface area contributed by atoms with E-state index in [1.807, 2.05) is 70.1 Å². The molecule has 2 rings (SSSR count). The third kappa shape index (κ3) is 4.67. The smallest absolute Gasteiger partial charge is 0.229 e. The van der Waals surface area contributed by atoms with Crippen LogP contribution in [0.15, 0.2) is 30.3 Å². The predicted octanol–water partition coefficient (Wildman–Crippen LogP) is 3.19. The maximum atomic E-state index is 11.7. The molecule has 1 aromatic carbocycles. The van der Waals surface area contributed by atoms with Crippen molar-refractivity contribution in [2.45, 2.75) is 20.8 Å². The zero-order valence-electron chi connectivity index (χ0n) is 14.2. The van der Waals surface area contributed by atoms with Gasteiger partial charge in [0.1, 0.15) is 5.82 Å². The number of carbonyl (C=O) groups is 1. The van der Waals surface area contributed by atoms with Crippen LogP contribution in [0, 0.1) is 12.8 Å². The van der Waals surface area contributed by atoms with E-state index in [4.69, 9.17) is 0 Å². The molecule has 0 saturated carbocycles. The number of nitrogens with zero attached hydrogens (tertiary/aromatic N) is 3. The van der Waals surface area contributed by atoms with Gasteiger partial charge in [0.15, 0.2) is 0 Å². The van der Waals surface area contributed by atoms with Gasteiger partial charge < -0.3 is 15.5 Å². The normalized spacial score (nSPS) is 10.5. The minimum atomic E-state index is -0.0436. The number of amides is 1. The molecule has 0 unspecified atom stereocenters. The van der Waals surface area contributed by atoms with Crippen molar-refractivity contribution < 1.29 is 4.79 Å². The van der Waals surface area contributed by atoms with E-state index < -0.39 is 0 Å². The van der Waals surface area contributed by atoms with E-state index in [1.54, 1.807) is 0 Å². The minimum Gasteiger partial charge on any atom is -0.363 e. The van der Waals surface area contributed by atoms with Crippen molar-refractivity contribution >= 4 is 29.0 Å². The lowest BCUT2D eigenvalue weighted by Gasteiger charge is -2.14. The molecule has 0 aliphatic rings. The summed E-state index contributed by atoms with van der Waals surface area (Å²) in [6.45, 7) is 5.66. The largest absolute Gasteiger partial charge is 0.363 e. The van der Waals surface area contributed by atoms with Gasteiger partial charge in [-0.05, 0) is 31.2 Å². The quantitative estimate of drug-likeness (QED) is 0.887. The van der Waals surface area contributed by atoms with Crippen LogP contribution in [0.4, 0.5) is 23.1 Å². The fraction of sp³-hybridized carbons (Fsp3) is 0.353. The predicted molar refractivity (Wildman–Crippen MR) is 94.3 cm³/mol. The molecule has 0 bridgehead atoms. The fourth-order valence-electron chi connectivity index (χ4n) is 1.89. The summed E-state index contributed by atoms with van der Waals surface area (Å²) in [5.74, 6) is 1.36. The van der Waals surface area contributed by atoms with Crippen LogP contribution in [-0.2, 0) is 4.79 Å². The molecule has 2 N–H and O–H groups in total. The molecule has 23 heavy (non-hydrogen) atoms. The zero-order valence-corrected chi connectivity index (χ0v) is 14.2. The number of hydrogen-bond donors (Lipinski definition) is 2. The average Bonchev–Trinajstić information content (AvgIpc) is 2.48. The summed E-state index contributed by atoms with van der Waals surface area (Å²) >= 11 is 0. The number of benzene rings is 1. The van der Waals surface area contributed by atoms with E-state index in [0.717, 1.165) is 22.9 Å². The van der Waals surface area contributed by atoms with Crippen molar-refractivity contribution in [1.29, 1.82) is 0 Å². The number of carbonyl (C=O) groups excluding carboxylic acids is 1. The topological polar surface area (TPSA) is 70.2 Å². The van der Waals surface area contributed by atoms with Gasteiger partial charge in [-0.1, -0.05) is 13.8 Å². The molecular formula is C17H23N5O. The number of anilines is 4. The van der Waals surface area contributed by atoms with Gasteiger partial charge in [0, 0.05) is 43.1 Å². The molecule has 0 fully saturated rings. The molecule has 6 heteroatoms. The first-order chi connectivity index (χ1) is 10.8. The standard InChI is InChI=1S/C17H23N5O/c1-11(2)16(23)19-13-6-8-14(9-7-13)20-17-18-12(3)10-15(21-17)22(4)5/h6-11H,1-5H3,(H,19,23)(H,18,20,21). The van der Waals surface area contributed by atoms with Crippen molar-refractivity contribution in [3.8, 4) is 0 Å². The van der Waals surface area contributed by atoms with Gasteiger partial charge in [-0.3, -0.25) is 4.79 Å². The first kappa shape index (κ1) is 16.7. The Bertz CT molecular complexity index is 680. The Balaban J connectivity index is 2.11. The third-order valence-electron chi connectivity index (χ3n) is 3.23. The molecule has 0 aliphatic carbocycles. The molecule has 0 atom stereocenters. The average molecular weight is 313 g/mol. The second-order valence-electron chi connectivity index (χ2n) is 5.93. The van der Waals surface area contributed by atoms with Gasteiger partial charge >= 0.3 is 0 Å². The van der Waals surface area contributed by atoms with Crippen LogP contribution in [0.5, 0.6) is 0 Å². The maximum absolute atomic E-state index is 11.7. The number of hydrogen-bond acceptors (Lipinski definition) is 5. The summed E-state index contributed by atoms with van der Waals surface area (Å²) in [6.07, 6.45) is 0. The van der Waals surface area contributed by atoms with Crippen LogP contribution < -0.4 is 15.5 Å². The SMILES string of the molecule is Cc1cc(N(C)C)nc(Nc2ccc(NC(=O)C(C)C)cc2)n1. The van der Waals surface area contributed by atoms with Crippen LogP contribution in [-0.4, -0.2) is 30.0 Å². The molecular weight excluding hydrogens is 290 g/mol. The lowest BCUT2D eigenvalue weighted by molar-refractivity contribution is -0.118. The fourth-order valence-corrected chi connectivity index (χ4v) is 1.89. The Kier molecular flexibility index (Phi) is 5.16. The van der Waals surface area contributed by atoms with Crippen LogP contribution >= 0.6 is 0 Å². The lowest BCUT2D eigenvalue weighted by Crippen LogP contribution is -2.17. The van der Waals surface area contributed by atoms with Crippen molar-refractivity contribution in [3.63, 3.8) is 0 Å². The Morgan fingerprint density at radius 3 is 2.26 bits per heavy atom. The molecule has 1 aromatic heterocycles. The Morgan fingerprint density at radius 2 is 1.70 bits per heavy atom. The number of aryl methyl sites for hydroxylation is 1. The van der Waals surface area contributed by atoms with Crippen LogP contribution in [0.3, 0.4) is 0 Å². The lowest BCUT2D eigenvalue weighted by atomic mass is 10.2. The molecule has 0 spiro atoms. The van der Waals surface area contributed by atoms with Crippen molar-refractivity contribution in [2.75, 3.05) is 29.6 Å². The summed E-state index contributed by atoms with van der Waals surface area (Å²) in [7, 11) is 3.88. The van der Waals surface area contributed by atoms with Crippen molar-refractivity contribution in [1.82, 2.24) is 9.97 Å². The van der Waals surface area contributed by atoms with E-state index in [1.165, 1.54) is 0 Å². The van der Waals surface area contributed by atoms with Crippen molar-refractivity contribution in [3.05, 3.63) is 36.0 Å². The van der Waals surface area contributed by atoms with E-state index in [0.29, 0.717) is 5.95 Å². The Morgan fingerprint density at radius 1 is 1.09 bits per heavy atom. The first-order valence-corrected chi connectivity index (χ1v) is 7.56. The van der Waals surface area contributed by atoms with Crippen molar-refractivity contribution in [2.24, 2.45) is 5.92 Å². The van der Waals surface area contributed by atoms with Crippen LogP contribution in [0.1, 0.15) is 19.5 Å². The highest BCUT2D eigenvalue weighted by molar-refractivity contribution is 5.92. The molecule has 1 heterocycles. The maximum Gasteiger partial charge on any atom is 0.229 e. The molecule has 1 amide bonds. The van der Waals surface area contributed by atoms with E-state index >= 15 is 0 Å². The van der Waals surface area contributed by atoms with Gasteiger partial charge in [0.25, 0.3) is 0 Å². The molecule has 6 nitrogen and oxygen atoms in total. The highest BCUT2D eigenvalue weighted by atomic mass is 16.1. The molecule has 122 valence electrons. The second-order valence-corrected chi connectivity index (χ2v) is 5.93. The van der Waals surface area contributed by atoms with Crippen LogP contribution in [0.2, 0.25) is 0 Å². The molecule has 2 aromatic rings. The number of aromatic nitrogens is 2. The second kappa shape index (κ2) is 7.09. The number of nitrogens with one attached hydrogen (secondary N) is 2. The van der Waals surface area contributed by atoms with E-state index in [2.05, 4.69) is 20.6 Å². The molecule has 0 saturated heterocycles. The highest BCUT2D eigenvalue weighted by Gasteiger charge is 2.07. The van der Waals surface area contributed by atoms with Gasteiger partial charge in [-0.15, -0.1) is 0 Å². The van der Waals surface area contributed by atoms with Gasteiger partial charge in [-0.2, -0.15) is 4.98 Å². The third-order valence-corrected chi connectivity index (χ3v) is 3.23. The Labute approximate surface area is 137 Å². The zero-order chi connectivity index (χ0) is 17.0. The summed E-state index contributed by atoms with van der Waals surface area (Å²) in [5, 5.41) is 6.04. The van der Waals surface area contributed by atoms with Gasteiger partial charge in [-0.25, -0.2) is 4.98 Å². The Hall–Kier alpha value is -2.63. The van der Waals surface area contributed by atoms with E-state index in [9.17, 15) is 4.79 Å². The van der Waals surface area contributed by atoms with Crippen LogP contribution in [0.25, 0.3) is 0 Å². The summed E-state index contributed by atoms with van der Waals surface area (Å²) in [5.41, 5.74) is 2.53. The summed E-state index contributed by atoms with van der Waals surface area (Å²) < 4.78 is 0. The number of rotatable bonds is 5. The summed E-state index contributed by atoms with van der Waals surface area (Å²) in [4.78, 5) is 22.5. The van der Waals surface area contributed by atoms with Gasteiger partial charge in [0.05, 0.1) is 0 Å². The highest BCUT2D eigenvalue weighted by Crippen LogP contribution is 2.19. The molecule has 0 radical (unpaired) electrons. The molecule has 0 aliphatic heterocycles. The minimum absolute atomic E-state index is 0.00310. The summed E-state index contributed by atoms with van der Waals surface area (Å²) in [6, 6.07) is 9.40. The first-order valence-electron chi connectivity index (χ1n) is 7.56. The monoisotopic (exact) mass is 313 g/mol. The van der Waals surface area contributed by atoms with Gasteiger partial charge in [0.2, 0.25) is 11.9 Å². The van der Waals surface area contributed by atoms with E-state index in [-0.39, 0.29) is 11.8 Å².